The molecule has 0 aliphatic heterocycles. The second kappa shape index (κ2) is 13.2. The first-order valence-corrected chi connectivity index (χ1v) is 14.0. The summed E-state index contributed by atoms with van der Waals surface area (Å²) in [5.74, 6) is 2.36. The second-order valence-electron chi connectivity index (χ2n) is 8.36. The smallest absolute Gasteiger partial charge is 0.220 e. The normalized spacial score (nSPS) is 11.7. The lowest BCUT2D eigenvalue weighted by Gasteiger charge is -2.18. The van der Waals surface area contributed by atoms with Crippen molar-refractivity contribution < 1.29 is 19.1 Å². The van der Waals surface area contributed by atoms with Crippen LogP contribution in [0.25, 0.3) is 5.69 Å². The number of hydrogen-bond acceptors (Lipinski definition) is 8. The maximum atomic E-state index is 11.7. The Morgan fingerprint density at radius 2 is 1.82 bits per heavy atom. The van der Waals surface area contributed by atoms with Crippen molar-refractivity contribution in [3.05, 3.63) is 97.2 Å². The molecule has 4 aromatic rings. The van der Waals surface area contributed by atoms with Crippen molar-refractivity contribution in [3.8, 4) is 22.9 Å². The molecule has 0 aliphatic rings. The van der Waals surface area contributed by atoms with Crippen molar-refractivity contribution >= 4 is 39.3 Å². The van der Waals surface area contributed by atoms with Crippen molar-refractivity contribution in [1.29, 1.82) is 0 Å². The highest BCUT2D eigenvalue weighted by atomic mass is 79.9. The van der Waals surface area contributed by atoms with Gasteiger partial charge in [0.05, 0.1) is 18.2 Å². The van der Waals surface area contributed by atoms with Crippen LogP contribution in [-0.2, 0) is 6.61 Å². The molecule has 1 atom stereocenters. The van der Waals surface area contributed by atoms with E-state index in [1.807, 2.05) is 60.9 Å². The zero-order chi connectivity index (χ0) is 27.9. The van der Waals surface area contributed by atoms with Gasteiger partial charge in [-0.15, -0.1) is 10.2 Å². The van der Waals surface area contributed by atoms with Crippen LogP contribution >= 0.6 is 39.3 Å². The van der Waals surface area contributed by atoms with E-state index in [0.717, 1.165) is 17.0 Å². The van der Waals surface area contributed by atoms with Gasteiger partial charge in [0, 0.05) is 15.6 Å². The third-order valence-electron chi connectivity index (χ3n) is 5.68. The van der Waals surface area contributed by atoms with E-state index < -0.39 is 5.25 Å². The fraction of sp³-hybridized carbons (Fsp3) is 0.259. The van der Waals surface area contributed by atoms with Gasteiger partial charge in [0.1, 0.15) is 23.4 Å². The Hall–Kier alpha value is -3.28. The van der Waals surface area contributed by atoms with E-state index in [0.29, 0.717) is 50.8 Å². The van der Waals surface area contributed by atoms with Crippen LogP contribution in [0.5, 0.6) is 17.2 Å². The molecule has 9 nitrogen and oxygen atoms in total. The summed E-state index contributed by atoms with van der Waals surface area (Å²) in [5.41, 5.74) is 2.44. The minimum atomic E-state index is -0.583. The van der Waals surface area contributed by atoms with Gasteiger partial charge >= 0.3 is 0 Å². The fourth-order valence-electron chi connectivity index (χ4n) is 3.85. The van der Waals surface area contributed by atoms with E-state index in [9.17, 15) is 10.1 Å². The van der Waals surface area contributed by atoms with E-state index in [1.54, 1.807) is 18.2 Å². The van der Waals surface area contributed by atoms with E-state index >= 15 is 0 Å². The maximum absolute atomic E-state index is 11.7. The van der Waals surface area contributed by atoms with Gasteiger partial charge in [0.15, 0.2) is 16.7 Å². The van der Waals surface area contributed by atoms with Crippen molar-refractivity contribution in [2.24, 2.45) is 0 Å². The lowest BCUT2D eigenvalue weighted by Crippen LogP contribution is -2.12. The molecule has 39 heavy (non-hydrogen) atoms. The van der Waals surface area contributed by atoms with Crippen LogP contribution in [0.2, 0.25) is 5.02 Å². The molecular weight excluding hydrogens is 608 g/mol. The van der Waals surface area contributed by atoms with Gasteiger partial charge in [-0.3, -0.25) is 14.7 Å². The third kappa shape index (κ3) is 7.23. The average molecular weight is 634 g/mol. The zero-order valence-corrected chi connectivity index (χ0v) is 24.6. The molecule has 12 heteroatoms. The Morgan fingerprint density at radius 3 is 2.46 bits per heavy atom. The monoisotopic (exact) mass is 632 g/mol. The number of rotatable bonds is 12. The Kier molecular flexibility index (Phi) is 9.71. The van der Waals surface area contributed by atoms with Crippen LogP contribution in [0.4, 0.5) is 0 Å². The predicted molar refractivity (Wildman–Crippen MR) is 154 cm³/mol. The van der Waals surface area contributed by atoms with Crippen molar-refractivity contribution in [1.82, 2.24) is 14.8 Å². The second-order valence-corrected chi connectivity index (χ2v) is 10.8. The van der Waals surface area contributed by atoms with E-state index in [4.69, 9.17) is 25.8 Å². The van der Waals surface area contributed by atoms with Gasteiger partial charge in [-0.1, -0.05) is 35.5 Å². The van der Waals surface area contributed by atoms with Gasteiger partial charge in [-0.05, 0) is 89.4 Å². The molecule has 4 rings (SSSR count). The van der Waals surface area contributed by atoms with E-state index in [2.05, 4.69) is 26.1 Å². The summed E-state index contributed by atoms with van der Waals surface area (Å²) in [6, 6.07) is 18.5. The van der Waals surface area contributed by atoms with E-state index in [-0.39, 0.29) is 11.5 Å². The summed E-state index contributed by atoms with van der Waals surface area (Å²) < 4.78 is 19.7. The molecule has 0 fully saturated rings. The summed E-state index contributed by atoms with van der Waals surface area (Å²) >= 11 is 10.8. The summed E-state index contributed by atoms with van der Waals surface area (Å²) in [6.07, 6.45) is 0. The molecule has 204 valence electrons. The van der Waals surface area contributed by atoms with E-state index in [1.165, 1.54) is 18.9 Å². The average Bonchev–Trinajstić information content (AvgIpc) is 3.28. The highest BCUT2D eigenvalue weighted by Gasteiger charge is 2.26. The number of methoxy groups -OCH3 is 1. The number of halogens is 2. The number of hydrogen-bond donors (Lipinski definition) is 0. The Morgan fingerprint density at radius 1 is 1.10 bits per heavy atom. The highest BCUT2D eigenvalue weighted by Crippen LogP contribution is 2.43. The van der Waals surface area contributed by atoms with Gasteiger partial charge in [-0.25, -0.2) is 0 Å². The Labute approximate surface area is 243 Å². The molecule has 0 saturated carbocycles. The summed E-state index contributed by atoms with van der Waals surface area (Å²) in [6.45, 7) is 4.29. The number of benzene rings is 3. The van der Waals surface area contributed by atoms with Crippen LogP contribution in [0.3, 0.4) is 0 Å². The summed E-state index contributed by atoms with van der Waals surface area (Å²) in [4.78, 5) is 11.3. The molecule has 0 saturated heterocycles. The Balaban J connectivity index is 1.62. The first-order chi connectivity index (χ1) is 18.8. The molecule has 1 heterocycles. The van der Waals surface area contributed by atoms with Gasteiger partial charge in [-0.2, -0.15) is 0 Å². The first kappa shape index (κ1) is 28.7. The van der Waals surface area contributed by atoms with Crippen LogP contribution in [0.15, 0.2) is 70.3 Å². The number of nitro groups is 1. The van der Waals surface area contributed by atoms with Crippen LogP contribution in [0, 0.1) is 17.0 Å². The largest absolute Gasteiger partial charge is 0.494 e. The van der Waals surface area contributed by atoms with Gasteiger partial charge in [0.2, 0.25) is 6.54 Å². The van der Waals surface area contributed by atoms with Gasteiger partial charge < -0.3 is 14.2 Å². The standard InChI is InChI=1S/C27H26BrClN4O5S/c1-4-37-22-11-9-21(10-12-22)33-17(2)30-31-27(33)39-25(15-32(34)35)19-13-23(28)26(24(14-19)36-3)38-16-18-5-7-20(29)8-6-18/h5-14,25H,4,15-16H2,1-3H3/t25-/m0/s1. The minimum Gasteiger partial charge on any atom is -0.494 e. The molecule has 0 radical (unpaired) electrons. The van der Waals surface area contributed by atoms with Crippen molar-refractivity contribution in [2.45, 2.75) is 30.9 Å². The quantitative estimate of drug-likeness (QED) is 0.0926. The molecule has 1 aromatic heterocycles. The molecular formula is C27H26BrClN4O5S. The highest BCUT2D eigenvalue weighted by molar-refractivity contribution is 9.10. The molecule has 0 aliphatic carbocycles. The number of thioether (sulfide) groups is 1. The molecule has 0 bridgehead atoms. The number of aromatic nitrogens is 3. The number of aryl methyl sites for hydroxylation is 1. The molecule has 0 unspecified atom stereocenters. The third-order valence-corrected chi connectivity index (χ3v) is 7.71. The SMILES string of the molecule is CCOc1ccc(-n2c(C)nnc2S[C@@H](C[N+](=O)[O-])c2cc(Br)c(OCc3ccc(Cl)cc3)c(OC)c2)cc1. The molecule has 0 amide bonds. The number of ether oxygens (including phenoxy) is 3. The number of nitrogens with zero attached hydrogens (tertiary/aromatic N) is 4. The van der Waals surface area contributed by atoms with Crippen molar-refractivity contribution in [2.75, 3.05) is 20.3 Å². The topological polar surface area (TPSA) is 102 Å². The summed E-state index contributed by atoms with van der Waals surface area (Å²) in [7, 11) is 1.53. The van der Waals surface area contributed by atoms with Gasteiger partial charge in [0.25, 0.3) is 0 Å². The lowest BCUT2D eigenvalue weighted by molar-refractivity contribution is -0.479. The Bertz CT molecular complexity index is 1430. The maximum Gasteiger partial charge on any atom is 0.220 e. The zero-order valence-electron chi connectivity index (χ0n) is 21.5. The molecule has 0 N–H and O–H groups in total. The van der Waals surface area contributed by atoms with Crippen LogP contribution in [0.1, 0.15) is 29.1 Å². The van der Waals surface area contributed by atoms with Crippen LogP contribution in [-0.4, -0.2) is 39.9 Å². The lowest BCUT2D eigenvalue weighted by atomic mass is 10.1. The predicted octanol–water partition coefficient (Wildman–Crippen LogP) is 7.09. The van der Waals surface area contributed by atoms with Crippen molar-refractivity contribution in [3.63, 3.8) is 0 Å². The molecule has 3 aromatic carbocycles. The molecule has 0 spiro atoms. The fourth-order valence-corrected chi connectivity index (χ4v) is 5.70. The minimum absolute atomic E-state index is 0.295. The van der Waals surface area contributed by atoms with Crippen LogP contribution < -0.4 is 14.2 Å². The summed E-state index contributed by atoms with van der Waals surface area (Å²) in [5, 5.41) is 20.8. The first-order valence-electron chi connectivity index (χ1n) is 12.0.